The lowest BCUT2D eigenvalue weighted by Gasteiger charge is -2.52. The number of piperidine rings is 1. The highest BCUT2D eigenvalue weighted by Gasteiger charge is 2.47. The van der Waals surface area contributed by atoms with Crippen LogP contribution in [0.2, 0.25) is 5.02 Å². The number of nitrogen functional groups attached to an aromatic ring is 1. The maximum atomic E-state index is 15.1. The van der Waals surface area contributed by atoms with Gasteiger partial charge >= 0.3 is 12.2 Å². The maximum Gasteiger partial charge on any atom is 0.416 e. The van der Waals surface area contributed by atoms with Crippen molar-refractivity contribution >= 4 is 29.0 Å². The number of carbonyl (C=O) groups excluding carboxylic acids is 1. The first kappa shape index (κ1) is 30.9. The molecule has 2 aromatic heterocycles. The van der Waals surface area contributed by atoms with Crippen molar-refractivity contribution in [3.05, 3.63) is 56.7 Å². The van der Waals surface area contributed by atoms with Crippen molar-refractivity contribution in [2.24, 2.45) is 5.41 Å². The average molecular weight is 665 g/mol. The molecule has 16 heteroatoms. The lowest BCUT2D eigenvalue weighted by atomic mass is 9.74. The molecule has 4 aliphatic heterocycles. The summed E-state index contributed by atoms with van der Waals surface area (Å²) in [5.41, 5.74) is 5.33. The van der Waals surface area contributed by atoms with Gasteiger partial charge in [0, 0.05) is 55.7 Å². The second-order valence-electron chi connectivity index (χ2n) is 12.4. The number of aromatic nitrogens is 4. The predicted molar refractivity (Wildman–Crippen MR) is 159 cm³/mol. The van der Waals surface area contributed by atoms with Crippen LogP contribution in [0.25, 0.3) is 0 Å². The zero-order chi connectivity index (χ0) is 32.4. The van der Waals surface area contributed by atoms with Gasteiger partial charge in [0.25, 0.3) is 5.91 Å². The molecule has 246 valence electrons. The molecule has 4 aliphatic rings. The van der Waals surface area contributed by atoms with Gasteiger partial charge in [0.2, 0.25) is 0 Å². The van der Waals surface area contributed by atoms with E-state index in [0.29, 0.717) is 55.4 Å². The summed E-state index contributed by atoms with van der Waals surface area (Å²) in [5.74, 6) is -0.910. The fraction of sp³-hybridized carbons (Fsp3) is 0.533. The predicted octanol–water partition coefficient (Wildman–Crippen LogP) is 4.13. The van der Waals surface area contributed by atoms with Gasteiger partial charge in [-0.1, -0.05) is 11.6 Å². The van der Waals surface area contributed by atoms with Crippen LogP contribution in [-0.4, -0.2) is 70.4 Å². The summed E-state index contributed by atoms with van der Waals surface area (Å²) in [6, 6.07) is 1.65. The maximum absolute atomic E-state index is 15.1. The fourth-order valence-electron chi connectivity index (χ4n) is 7.10. The second kappa shape index (κ2) is 11.5. The highest BCUT2D eigenvalue weighted by molar-refractivity contribution is 6.34. The first-order valence-corrected chi connectivity index (χ1v) is 15.6. The molecule has 1 amide bonds. The number of methoxy groups -OCH3 is 1. The normalized spacial score (nSPS) is 21.0. The number of alkyl halides is 3. The molecule has 1 atom stereocenters. The van der Waals surface area contributed by atoms with Gasteiger partial charge in [-0.2, -0.15) is 28.2 Å². The van der Waals surface area contributed by atoms with E-state index in [9.17, 15) is 18.0 Å². The Balaban J connectivity index is 1.17. The molecule has 0 aliphatic carbocycles. The number of aryl methyl sites for hydroxylation is 1. The molecule has 2 saturated heterocycles. The van der Waals surface area contributed by atoms with Crippen molar-refractivity contribution in [2.45, 2.75) is 57.7 Å². The number of amides is 1. The van der Waals surface area contributed by atoms with E-state index in [1.165, 1.54) is 7.11 Å². The molecule has 0 bridgehead atoms. The van der Waals surface area contributed by atoms with Gasteiger partial charge in [0.1, 0.15) is 5.82 Å². The number of hydrogen-bond acceptors (Lipinski definition) is 9. The number of carbonyl (C=O) groups is 1. The van der Waals surface area contributed by atoms with Crippen molar-refractivity contribution in [2.75, 3.05) is 50.5 Å². The van der Waals surface area contributed by atoms with Gasteiger partial charge in [-0.05, 0) is 37.9 Å². The first-order chi connectivity index (χ1) is 22.0. The Morgan fingerprint density at radius 2 is 2.02 bits per heavy atom. The molecule has 6 heterocycles. The number of nitrogens with zero attached hydrogens (tertiary/aromatic N) is 6. The molecule has 1 spiro atoms. The summed E-state index contributed by atoms with van der Waals surface area (Å²) in [7, 11) is 1.39. The van der Waals surface area contributed by atoms with Gasteiger partial charge in [-0.25, -0.2) is 4.39 Å². The fourth-order valence-corrected chi connectivity index (χ4v) is 7.37. The molecule has 0 saturated carbocycles. The Hall–Kier alpha value is -3.69. The quantitative estimate of drug-likeness (QED) is 0.313. The molecule has 3 N–H and O–H groups in total. The van der Waals surface area contributed by atoms with Gasteiger partial charge < -0.3 is 30.3 Å². The first-order valence-electron chi connectivity index (χ1n) is 15.2. The zero-order valence-corrected chi connectivity index (χ0v) is 25.8. The molecular weight excluding hydrogens is 632 g/mol. The minimum atomic E-state index is -4.82. The highest BCUT2D eigenvalue weighted by Crippen LogP contribution is 2.43. The number of hydrogen-bond donors (Lipinski definition) is 2. The topological polar surface area (TPSA) is 124 Å². The summed E-state index contributed by atoms with van der Waals surface area (Å²) < 4.78 is 69.7. The van der Waals surface area contributed by atoms with Gasteiger partial charge in [0.15, 0.2) is 11.5 Å². The molecule has 11 nitrogen and oxygen atoms in total. The lowest BCUT2D eigenvalue weighted by molar-refractivity contribution is -0.140. The molecule has 1 unspecified atom stereocenters. The third-order valence-corrected chi connectivity index (χ3v) is 9.81. The van der Waals surface area contributed by atoms with Gasteiger partial charge in [-0.15, -0.1) is 0 Å². The second-order valence-corrected chi connectivity index (χ2v) is 12.8. The number of anilines is 2. The van der Waals surface area contributed by atoms with Crippen LogP contribution in [0.5, 0.6) is 6.01 Å². The van der Waals surface area contributed by atoms with E-state index in [4.69, 9.17) is 26.8 Å². The van der Waals surface area contributed by atoms with E-state index in [1.54, 1.807) is 9.58 Å². The Kier molecular flexibility index (Phi) is 7.75. The minimum absolute atomic E-state index is 0.00197. The van der Waals surface area contributed by atoms with Crippen LogP contribution >= 0.6 is 11.6 Å². The highest BCUT2D eigenvalue weighted by atomic mass is 35.5. The van der Waals surface area contributed by atoms with E-state index in [0.717, 1.165) is 38.1 Å². The smallest absolute Gasteiger partial charge is 0.416 e. The van der Waals surface area contributed by atoms with Crippen LogP contribution in [0.15, 0.2) is 12.1 Å². The monoisotopic (exact) mass is 664 g/mol. The van der Waals surface area contributed by atoms with E-state index < -0.39 is 34.9 Å². The van der Waals surface area contributed by atoms with Crippen molar-refractivity contribution in [3.8, 4) is 6.01 Å². The summed E-state index contributed by atoms with van der Waals surface area (Å²) >= 11 is 6.84. The molecule has 2 fully saturated rings. The van der Waals surface area contributed by atoms with Crippen LogP contribution in [0.4, 0.5) is 29.1 Å². The van der Waals surface area contributed by atoms with Gasteiger partial charge in [-0.3, -0.25) is 9.48 Å². The lowest BCUT2D eigenvalue weighted by Crippen LogP contribution is -2.63. The van der Waals surface area contributed by atoms with Crippen LogP contribution in [-0.2, 0) is 37.0 Å². The Morgan fingerprint density at radius 1 is 1.22 bits per heavy atom. The average Bonchev–Trinajstić information content (AvgIpc) is 3.18. The number of nitrogens with two attached hydrogens (primary N) is 1. The third kappa shape index (κ3) is 5.31. The molecule has 46 heavy (non-hydrogen) atoms. The summed E-state index contributed by atoms with van der Waals surface area (Å²) in [4.78, 5) is 26.2. The number of nitrogens with one attached hydrogen (secondary N) is 1. The Labute approximate surface area is 267 Å². The standard InChI is InChI=1S/C30H33ClF4N8O3/c1-45-28-38-19-10-21(22-17(30(33,34)35)4-5-18(36)24(22)32)46-12-16(19)26(39-28)41-8-3-9-43-20(11-41)23(31)25(40-43)27(44)42-14-29(15-42)6-2-7-37-13-29/h4-5,21,37H,2-3,6-15,36H2,1H3. The van der Waals surface area contributed by atoms with E-state index in [-0.39, 0.29) is 47.6 Å². The Bertz CT molecular complexity index is 1690. The van der Waals surface area contributed by atoms with Crippen molar-refractivity contribution in [3.63, 3.8) is 0 Å². The zero-order valence-electron chi connectivity index (χ0n) is 25.1. The molecule has 3 aromatic rings. The number of halogens is 5. The van der Waals surface area contributed by atoms with Gasteiger partial charge in [0.05, 0.1) is 54.0 Å². The van der Waals surface area contributed by atoms with Crippen molar-refractivity contribution in [1.82, 2.24) is 30.0 Å². The number of benzene rings is 1. The van der Waals surface area contributed by atoms with E-state index in [2.05, 4.69) is 20.4 Å². The molecule has 0 radical (unpaired) electrons. The molecule has 1 aromatic carbocycles. The third-order valence-electron chi connectivity index (χ3n) is 9.41. The summed E-state index contributed by atoms with van der Waals surface area (Å²) in [6.45, 7) is 4.36. The SMILES string of the molecule is COc1nc2c(c(N3CCCn4nc(C(=O)N5CC6(CCCNC6)C5)c(Cl)c4C3)n1)COC(c1c(C(F)(F)F)ccc(N)c1F)C2. The minimum Gasteiger partial charge on any atom is -0.467 e. The van der Waals surface area contributed by atoms with Crippen LogP contribution in [0, 0.1) is 11.2 Å². The van der Waals surface area contributed by atoms with E-state index >= 15 is 4.39 Å². The Morgan fingerprint density at radius 3 is 2.74 bits per heavy atom. The number of likely N-dealkylation sites (tertiary alicyclic amines) is 1. The molecule has 7 rings (SSSR count). The molecular formula is C30H33ClF4N8O3. The number of rotatable bonds is 4. The van der Waals surface area contributed by atoms with Crippen molar-refractivity contribution in [1.29, 1.82) is 0 Å². The van der Waals surface area contributed by atoms with Crippen LogP contribution < -0.4 is 20.7 Å². The summed E-state index contributed by atoms with van der Waals surface area (Å²) in [5, 5.41) is 8.32. The largest absolute Gasteiger partial charge is 0.467 e. The van der Waals surface area contributed by atoms with Crippen molar-refractivity contribution < 1.29 is 31.8 Å². The summed E-state index contributed by atoms with van der Waals surface area (Å²) in [6.07, 6.45) is -3.46. The number of fused-ring (bicyclic) bond motifs is 2. The van der Waals surface area contributed by atoms with E-state index in [1.807, 2.05) is 4.90 Å². The number of ether oxygens (including phenoxy) is 2. The van der Waals surface area contributed by atoms with Crippen LogP contribution in [0.3, 0.4) is 0 Å². The van der Waals surface area contributed by atoms with Crippen LogP contribution in [0.1, 0.15) is 63.9 Å².